The monoisotopic (exact) mass is 400 g/mol. The van der Waals surface area contributed by atoms with Crippen LogP contribution in [-0.4, -0.2) is 30.5 Å². The van der Waals surface area contributed by atoms with Gasteiger partial charge in [-0.3, -0.25) is 14.9 Å². The highest BCUT2D eigenvalue weighted by Gasteiger charge is 2.23. The maximum atomic E-state index is 12.9. The maximum Gasteiger partial charge on any atom is 0.338 e. The molecule has 154 valence electrons. The summed E-state index contributed by atoms with van der Waals surface area (Å²) < 4.78 is 10.1. The van der Waals surface area contributed by atoms with Gasteiger partial charge < -0.3 is 14.8 Å². The summed E-state index contributed by atoms with van der Waals surface area (Å²) in [5.74, 6) is -0.495. The molecule has 1 unspecified atom stereocenters. The largest absolute Gasteiger partial charge is 0.497 e. The van der Waals surface area contributed by atoms with Gasteiger partial charge in [0.25, 0.3) is 11.6 Å². The minimum Gasteiger partial charge on any atom is -0.497 e. The summed E-state index contributed by atoms with van der Waals surface area (Å²) in [4.78, 5) is 35.5. The molecule has 0 saturated heterocycles. The molecule has 0 spiro atoms. The number of benzene rings is 2. The lowest BCUT2D eigenvalue weighted by molar-refractivity contribution is -0.384. The molecule has 0 fully saturated rings. The average Bonchev–Trinajstić information content (AvgIpc) is 2.71. The fourth-order valence-electron chi connectivity index (χ4n) is 2.85. The van der Waals surface area contributed by atoms with E-state index in [0.717, 1.165) is 17.7 Å². The van der Waals surface area contributed by atoms with Gasteiger partial charge in [0.05, 0.1) is 30.2 Å². The lowest BCUT2D eigenvalue weighted by Gasteiger charge is -2.23. The molecule has 0 aromatic heterocycles. The Kier molecular flexibility index (Phi) is 7.30. The molecule has 0 bridgehead atoms. The number of ether oxygens (including phenoxy) is 2. The standard InChI is InChI=1S/C21H24N2O6/c1-5-29-21(25)16-10-15(11-17(12-16)23(26)27)20(24)22-19(13(2)3)14-6-8-18(28-4)9-7-14/h6-13,19H,5H2,1-4H3,(H,22,24). The molecule has 2 rings (SSSR count). The lowest BCUT2D eigenvalue weighted by Crippen LogP contribution is -2.32. The van der Waals surface area contributed by atoms with Crippen molar-refractivity contribution in [3.8, 4) is 5.75 Å². The van der Waals surface area contributed by atoms with Crippen molar-refractivity contribution >= 4 is 17.6 Å². The Balaban J connectivity index is 2.35. The molecule has 2 aromatic rings. The second-order valence-corrected chi connectivity index (χ2v) is 6.71. The number of methoxy groups -OCH3 is 1. The third-order valence-electron chi connectivity index (χ3n) is 4.33. The SMILES string of the molecule is CCOC(=O)c1cc(C(=O)NC(c2ccc(OC)cc2)C(C)C)cc([N+](=O)[O-])c1. The second-order valence-electron chi connectivity index (χ2n) is 6.71. The third kappa shape index (κ3) is 5.54. The fraction of sp³-hybridized carbons (Fsp3) is 0.333. The summed E-state index contributed by atoms with van der Waals surface area (Å²) in [5, 5.41) is 14.1. The normalized spacial score (nSPS) is 11.6. The van der Waals surface area contributed by atoms with Crippen LogP contribution in [0.25, 0.3) is 0 Å². The molecule has 1 atom stereocenters. The van der Waals surface area contributed by atoms with Crippen LogP contribution in [-0.2, 0) is 4.74 Å². The van der Waals surface area contributed by atoms with E-state index in [1.165, 1.54) is 6.07 Å². The highest BCUT2D eigenvalue weighted by molar-refractivity contribution is 5.99. The van der Waals surface area contributed by atoms with Gasteiger partial charge in [-0.25, -0.2) is 4.79 Å². The number of hydrogen-bond acceptors (Lipinski definition) is 6. The van der Waals surface area contributed by atoms with E-state index in [1.807, 2.05) is 26.0 Å². The van der Waals surface area contributed by atoms with Crippen LogP contribution in [0.5, 0.6) is 5.75 Å². The minimum atomic E-state index is -0.721. The Hall–Kier alpha value is -3.42. The number of nitro groups is 1. The zero-order valence-electron chi connectivity index (χ0n) is 16.8. The van der Waals surface area contributed by atoms with E-state index in [4.69, 9.17) is 9.47 Å². The number of carbonyl (C=O) groups excluding carboxylic acids is 2. The molecular weight excluding hydrogens is 376 g/mol. The molecule has 0 aliphatic heterocycles. The molecule has 0 aliphatic rings. The molecule has 0 heterocycles. The van der Waals surface area contributed by atoms with Crippen molar-refractivity contribution in [2.45, 2.75) is 26.8 Å². The molecular formula is C21H24N2O6. The number of nitrogens with zero attached hydrogens (tertiary/aromatic N) is 1. The molecule has 8 nitrogen and oxygen atoms in total. The molecule has 8 heteroatoms. The first-order valence-corrected chi connectivity index (χ1v) is 9.18. The maximum absolute atomic E-state index is 12.9. The van der Waals surface area contributed by atoms with E-state index >= 15 is 0 Å². The van der Waals surface area contributed by atoms with Gasteiger partial charge in [0.1, 0.15) is 5.75 Å². The molecule has 29 heavy (non-hydrogen) atoms. The molecule has 1 N–H and O–H groups in total. The van der Waals surface area contributed by atoms with Gasteiger partial charge in [0, 0.05) is 17.7 Å². The number of esters is 1. The van der Waals surface area contributed by atoms with E-state index in [2.05, 4.69) is 5.32 Å². The van der Waals surface area contributed by atoms with Crippen LogP contribution in [0.3, 0.4) is 0 Å². The first-order valence-electron chi connectivity index (χ1n) is 9.18. The minimum absolute atomic E-state index is 0.0152. The first kappa shape index (κ1) is 21.9. The fourth-order valence-corrected chi connectivity index (χ4v) is 2.85. The van der Waals surface area contributed by atoms with E-state index < -0.39 is 16.8 Å². The molecule has 0 saturated carbocycles. The van der Waals surface area contributed by atoms with Crippen molar-refractivity contribution in [3.05, 3.63) is 69.3 Å². The van der Waals surface area contributed by atoms with Crippen LogP contribution < -0.4 is 10.1 Å². The number of non-ortho nitro benzene ring substituents is 1. The van der Waals surface area contributed by atoms with Gasteiger partial charge in [-0.2, -0.15) is 0 Å². The summed E-state index contributed by atoms with van der Waals surface area (Å²) in [6.07, 6.45) is 0. The van der Waals surface area contributed by atoms with Gasteiger partial charge in [-0.1, -0.05) is 26.0 Å². The van der Waals surface area contributed by atoms with Crippen LogP contribution in [0.1, 0.15) is 53.1 Å². The molecule has 2 aromatic carbocycles. The molecule has 0 aliphatic carbocycles. The first-order chi connectivity index (χ1) is 13.8. The summed E-state index contributed by atoms with van der Waals surface area (Å²) in [6.45, 7) is 5.65. The zero-order valence-corrected chi connectivity index (χ0v) is 16.8. The van der Waals surface area contributed by atoms with Crippen molar-refractivity contribution < 1.29 is 24.0 Å². The smallest absolute Gasteiger partial charge is 0.338 e. The van der Waals surface area contributed by atoms with Crippen LogP contribution in [0.4, 0.5) is 5.69 Å². The number of nitrogens with one attached hydrogen (secondary N) is 1. The van der Waals surface area contributed by atoms with E-state index in [-0.39, 0.29) is 35.4 Å². The zero-order chi connectivity index (χ0) is 21.6. The van der Waals surface area contributed by atoms with Crippen molar-refractivity contribution in [1.29, 1.82) is 0 Å². The van der Waals surface area contributed by atoms with Crippen molar-refractivity contribution in [3.63, 3.8) is 0 Å². The van der Waals surface area contributed by atoms with Crippen LogP contribution in [0.15, 0.2) is 42.5 Å². The van der Waals surface area contributed by atoms with Crippen molar-refractivity contribution in [1.82, 2.24) is 5.32 Å². The van der Waals surface area contributed by atoms with E-state index in [0.29, 0.717) is 5.75 Å². The van der Waals surface area contributed by atoms with Crippen molar-refractivity contribution in [2.24, 2.45) is 5.92 Å². The lowest BCUT2D eigenvalue weighted by atomic mass is 9.95. The topological polar surface area (TPSA) is 108 Å². The number of carbonyl (C=O) groups is 2. The summed E-state index contributed by atoms with van der Waals surface area (Å²) in [5.41, 5.74) is 0.481. The number of rotatable bonds is 8. The van der Waals surface area contributed by atoms with Gasteiger partial charge >= 0.3 is 5.97 Å². The predicted octanol–water partition coefficient (Wildman–Crippen LogP) is 3.91. The predicted molar refractivity (Wildman–Crippen MR) is 107 cm³/mol. The highest BCUT2D eigenvalue weighted by Crippen LogP contribution is 2.25. The molecule has 0 radical (unpaired) electrons. The third-order valence-corrected chi connectivity index (χ3v) is 4.33. The highest BCUT2D eigenvalue weighted by atomic mass is 16.6. The van der Waals surface area contributed by atoms with Gasteiger partial charge in [0.2, 0.25) is 0 Å². The van der Waals surface area contributed by atoms with Gasteiger partial charge in [0.15, 0.2) is 0 Å². The number of nitro benzene ring substituents is 1. The van der Waals surface area contributed by atoms with Crippen LogP contribution in [0, 0.1) is 16.0 Å². The Morgan fingerprint density at radius 1 is 1.10 bits per heavy atom. The Labute approximate surface area is 169 Å². The Bertz CT molecular complexity index is 893. The van der Waals surface area contributed by atoms with Gasteiger partial charge in [-0.05, 0) is 36.6 Å². The average molecular weight is 400 g/mol. The number of hydrogen-bond donors (Lipinski definition) is 1. The quantitative estimate of drug-likeness (QED) is 0.409. The van der Waals surface area contributed by atoms with Crippen LogP contribution in [0.2, 0.25) is 0 Å². The number of amides is 1. The second kappa shape index (κ2) is 9.68. The Morgan fingerprint density at radius 3 is 2.24 bits per heavy atom. The van der Waals surface area contributed by atoms with Crippen LogP contribution >= 0.6 is 0 Å². The summed E-state index contributed by atoms with van der Waals surface area (Å²) >= 11 is 0. The summed E-state index contributed by atoms with van der Waals surface area (Å²) in [6, 6.07) is 10.5. The summed E-state index contributed by atoms with van der Waals surface area (Å²) in [7, 11) is 1.57. The van der Waals surface area contributed by atoms with E-state index in [1.54, 1.807) is 26.2 Å². The molecule has 1 amide bonds. The van der Waals surface area contributed by atoms with E-state index in [9.17, 15) is 19.7 Å². The van der Waals surface area contributed by atoms with Gasteiger partial charge in [-0.15, -0.1) is 0 Å². The Morgan fingerprint density at radius 2 is 1.72 bits per heavy atom. The van der Waals surface area contributed by atoms with Crippen molar-refractivity contribution in [2.75, 3.05) is 13.7 Å².